The second-order valence-electron chi connectivity index (χ2n) is 5.29. The van der Waals surface area contributed by atoms with Crippen molar-refractivity contribution >= 4 is 11.9 Å². The van der Waals surface area contributed by atoms with E-state index in [1.165, 1.54) is 0 Å². The maximum absolute atomic E-state index is 11.7. The van der Waals surface area contributed by atoms with Gasteiger partial charge in [0.1, 0.15) is 6.04 Å². The van der Waals surface area contributed by atoms with E-state index in [9.17, 15) is 9.59 Å². The molecule has 20 heavy (non-hydrogen) atoms. The van der Waals surface area contributed by atoms with Crippen molar-refractivity contribution in [2.75, 3.05) is 0 Å². The van der Waals surface area contributed by atoms with Crippen molar-refractivity contribution < 1.29 is 19.1 Å². The molecular formula is C15H29NO4. The van der Waals surface area contributed by atoms with Crippen molar-refractivity contribution in [2.45, 2.75) is 84.5 Å². The molecule has 5 heteroatoms. The van der Waals surface area contributed by atoms with Crippen LogP contribution in [0.2, 0.25) is 0 Å². The molecule has 0 amide bonds. The van der Waals surface area contributed by atoms with Crippen LogP contribution in [0, 0.1) is 0 Å². The lowest BCUT2D eigenvalue weighted by atomic mass is 10.2. The number of hydrogen-bond donors (Lipinski definition) is 1. The summed E-state index contributed by atoms with van der Waals surface area (Å²) in [6, 6.07) is -0.944. The molecule has 0 aliphatic rings. The molecule has 0 saturated heterocycles. The second kappa shape index (κ2) is 10.7. The Morgan fingerprint density at radius 2 is 1.60 bits per heavy atom. The topological polar surface area (TPSA) is 78.6 Å². The van der Waals surface area contributed by atoms with Crippen molar-refractivity contribution in [3.05, 3.63) is 0 Å². The molecule has 0 aromatic rings. The Kier molecular flexibility index (Phi) is 10.1. The van der Waals surface area contributed by atoms with Gasteiger partial charge in [-0.05, 0) is 26.7 Å². The summed E-state index contributed by atoms with van der Waals surface area (Å²) in [4.78, 5) is 23.3. The summed E-state index contributed by atoms with van der Waals surface area (Å²) < 4.78 is 10.4. The van der Waals surface area contributed by atoms with Crippen molar-refractivity contribution in [2.24, 2.45) is 5.73 Å². The number of hydrogen-bond acceptors (Lipinski definition) is 5. The van der Waals surface area contributed by atoms with Crippen LogP contribution in [0.1, 0.15) is 66.2 Å². The van der Waals surface area contributed by atoms with E-state index in [1.54, 1.807) is 0 Å². The molecule has 5 nitrogen and oxygen atoms in total. The van der Waals surface area contributed by atoms with E-state index < -0.39 is 18.0 Å². The minimum Gasteiger partial charge on any atom is -0.463 e. The molecule has 0 spiro atoms. The van der Waals surface area contributed by atoms with Gasteiger partial charge in [-0.3, -0.25) is 9.59 Å². The van der Waals surface area contributed by atoms with Gasteiger partial charge in [-0.1, -0.05) is 33.1 Å². The molecule has 2 N–H and O–H groups in total. The summed E-state index contributed by atoms with van der Waals surface area (Å²) in [6.07, 6.45) is 4.18. The third-order valence-electron chi connectivity index (χ3n) is 3.00. The van der Waals surface area contributed by atoms with E-state index in [1.807, 2.05) is 20.8 Å². The number of carbonyl (C=O) groups is 2. The summed E-state index contributed by atoms with van der Waals surface area (Å²) in [6.45, 7) is 7.76. The average Bonchev–Trinajstić information content (AvgIpc) is 2.36. The SMILES string of the molecule is CCCCC(C)OC(=O)CC(N)C(=O)OC(C)CCC. The highest BCUT2D eigenvalue weighted by atomic mass is 16.6. The smallest absolute Gasteiger partial charge is 0.323 e. The number of carbonyl (C=O) groups excluding carboxylic acids is 2. The van der Waals surface area contributed by atoms with Gasteiger partial charge >= 0.3 is 11.9 Å². The fraction of sp³-hybridized carbons (Fsp3) is 0.867. The van der Waals surface area contributed by atoms with Gasteiger partial charge in [0.25, 0.3) is 0 Å². The minimum absolute atomic E-state index is 0.131. The Morgan fingerprint density at radius 1 is 1.00 bits per heavy atom. The molecule has 0 aromatic carbocycles. The fourth-order valence-electron chi connectivity index (χ4n) is 1.84. The highest BCUT2D eigenvalue weighted by molar-refractivity contribution is 5.82. The number of rotatable bonds is 10. The number of nitrogens with two attached hydrogens (primary N) is 1. The first kappa shape index (κ1) is 18.9. The van der Waals surface area contributed by atoms with Crippen LogP contribution in [0.15, 0.2) is 0 Å². The lowest BCUT2D eigenvalue weighted by Crippen LogP contribution is -2.37. The zero-order valence-electron chi connectivity index (χ0n) is 13.2. The lowest BCUT2D eigenvalue weighted by molar-refractivity contribution is -0.157. The summed E-state index contributed by atoms with van der Waals surface area (Å²) in [5.41, 5.74) is 5.66. The highest BCUT2D eigenvalue weighted by Gasteiger charge is 2.22. The van der Waals surface area contributed by atoms with Gasteiger partial charge < -0.3 is 15.2 Å². The number of esters is 2. The largest absolute Gasteiger partial charge is 0.463 e. The first-order chi connectivity index (χ1) is 9.40. The van der Waals surface area contributed by atoms with Crippen LogP contribution in [0.3, 0.4) is 0 Å². The monoisotopic (exact) mass is 287 g/mol. The predicted molar refractivity (Wildman–Crippen MR) is 78.1 cm³/mol. The van der Waals surface area contributed by atoms with Gasteiger partial charge in [-0.2, -0.15) is 0 Å². The molecule has 0 aromatic heterocycles. The lowest BCUT2D eigenvalue weighted by Gasteiger charge is -2.17. The van der Waals surface area contributed by atoms with Crippen LogP contribution in [-0.4, -0.2) is 30.2 Å². The first-order valence-corrected chi connectivity index (χ1v) is 7.56. The van der Waals surface area contributed by atoms with Gasteiger partial charge in [0.15, 0.2) is 0 Å². The molecule has 0 heterocycles. The van der Waals surface area contributed by atoms with Gasteiger partial charge in [0, 0.05) is 0 Å². The van der Waals surface area contributed by atoms with Gasteiger partial charge in [0.2, 0.25) is 0 Å². The van der Waals surface area contributed by atoms with Crippen LogP contribution < -0.4 is 5.73 Å². The van der Waals surface area contributed by atoms with E-state index in [4.69, 9.17) is 15.2 Å². The first-order valence-electron chi connectivity index (χ1n) is 7.56. The van der Waals surface area contributed by atoms with E-state index in [0.717, 1.165) is 32.1 Å². The Balaban J connectivity index is 4.02. The minimum atomic E-state index is -0.944. The molecule has 0 aliphatic heterocycles. The van der Waals surface area contributed by atoms with Gasteiger partial charge in [0.05, 0.1) is 18.6 Å². The molecule has 0 aliphatic carbocycles. The summed E-state index contributed by atoms with van der Waals surface area (Å²) >= 11 is 0. The van der Waals surface area contributed by atoms with E-state index >= 15 is 0 Å². The van der Waals surface area contributed by atoms with Crippen molar-refractivity contribution in [1.82, 2.24) is 0 Å². The molecule has 3 unspecified atom stereocenters. The van der Waals surface area contributed by atoms with Gasteiger partial charge in [-0.25, -0.2) is 0 Å². The van der Waals surface area contributed by atoms with Crippen molar-refractivity contribution in [3.63, 3.8) is 0 Å². The molecule has 118 valence electrons. The fourth-order valence-corrected chi connectivity index (χ4v) is 1.84. The number of ether oxygens (including phenoxy) is 2. The Labute approximate surface area is 122 Å². The zero-order valence-corrected chi connectivity index (χ0v) is 13.2. The van der Waals surface area contributed by atoms with Crippen LogP contribution in [0.5, 0.6) is 0 Å². The third-order valence-corrected chi connectivity index (χ3v) is 3.00. The standard InChI is InChI=1S/C15H29NO4/c1-5-7-9-12(4)19-14(17)10-13(16)15(18)20-11(3)8-6-2/h11-13H,5-10,16H2,1-4H3. The zero-order chi connectivity index (χ0) is 15.5. The van der Waals surface area contributed by atoms with E-state index in [2.05, 4.69) is 6.92 Å². The molecule has 3 atom stereocenters. The molecule has 0 fully saturated rings. The maximum Gasteiger partial charge on any atom is 0.323 e. The Morgan fingerprint density at radius 3 is 2.15 bits per heavy atom. The third kappa shape index (κ3) is 8.91. The second-order valence-corrected chi connectivity index (χ2v) is 5.29. The summed E-state index contributed by atoms with van der Waals surface area (Å²) in [5.74, 6) is -0.981. The highest BCUT2D eigenvalue weighted by Crippen LogP contribution is 2.08. The molecule has 0 radical (unpaired) electrons. The normalized spacial score (nSPS) is 15.2. The average molecular weight is 287 g/mol. The number of unbranched alkanes of at least 4 members (excludes halogenated alkanes) is 1. The van der Waals surface area contributed by atoms with Gasteiger partial charge in [-0.15, -0.1) is 0 Å². The molecular weight excluding hydrogens is 258 g/mol. The summed E-state index contributed by atoms with van der Waals surface area (Å²) in [5, 5.41) is 0. The van der Waals surface area contributed by atoms with Crippen LogP contribution in [0.4, 0.5) is 0 Å². The molecule has 0 rings (SSSR count). The Bertz CT molecular complexity index is 294. The van der Waals surface area contributed by atoms with E-state index in [-0.39, 0.29) is 18.6 Å². The van der Waals surface area contributed by atoms with Crippen molar-refractivity contribution in [3.8, 4) is 0 Å². The summed E-state index contributed by atoms with van der Waals surface area (Å²) in [7, 11) is 0. The quantitative estimate of drug-likeness (QED) is 0.625. The van der Waals surface area contributed by atoms with Crippen LogP contribution in [-0.2, 0) is 19.1 Å². The van der Waals surface area contributed by atoms with E-state index in [0.29, 0.717) is 0 Å². The van der Waals surface area contributed by atoms with Crippen LogP contribution >= 0.6 is 0 Å². The van der Waals surface area contributed by atoms with Crippen LogP contribution in [0.25, 0.3) is 0 Å². The van der Waals surface area contributed by atoms with Crippen molar-refractivity contribution in [1.29, 1.82) is 0 Å². The Hall–Kier alpha value is -1.10. The maximum atomic E-state index is 11.7. The molecule has 0 saturated carbocycles. The predicted octanol–water partition coefficient (Wildman–Crippen LogP) is 2.56. The molecule has 0 bridgehead atoms.